The van der Waals surface area contributed by atoms with Crippen molar-refractivity contribution in [2.45, 2.75) is 38.1 Å². The van der Waals surface area contributed by atoms with Gasteiger partial charge in [0.05, 0.1) is 0 Å². The molecular formula is C22H24N2O4. The number of benzene rings is 2. The van der Waals surface area contributed by atoms with Gasteiger partial charge < -0.3 is 15.3 Å². The average molecular weight is 380 g/mol. The van der Waals surface area contributed by atoms with Gasteiger partial charge in [-0.3, -0.25) is 9.59 Å². The van der Waals surface area contributed by atoms with Gasteiger partial charge in [-0.1, -0.05) is 55.5 Å². The number of fused-ring (bicyclic) bond motifs is 1. The summed E-state index contributed by atoms with van der Waals surface area (Å²) in [6.07, 6.45) is 1.35. The van der Waals surface area contributed by atoms with Gasteiger partial charge in [0, 0.05) is 25.1 Å². The molecule has 0 aromatic heterocycles. The van der Waals surface area contributed by atoms with E-state index in [1.165, 1.54) is 0 Å². The number of carboxylic acids is 1. The SMILES string of the molecule is CCC(NC(=O)CCN1C(=O)CCc2ccccc21)(C(=O)O)c1ccccc1. The molecule has 2 N–H and O–H groups in total. The van der Waals surface area contributed by atoms with Crippen molar-refractivity contribution in [2.75, 3.05) is 11.4 Å². The molecule has 1 heterocycles. The third-order valence-electron chi connectivity index (χ3n) is 5.27. The van der Waals surface area contributed by atoms with E-state index in [1.807, 2.05) is 24.3 Å². The highest BCUT2D eigenvalue weighted by atomic mass is 16.4. The summed E-state index contributed by atoms with van der Waals surface area (Å²) in [6, 6.07) is 16.3. The number of anilines is 1. The number of nitrogens with one attached hydrogen (secondary N) is 1. The van der Waals surface area contributed by atoms with E-state index in [1.54, 1.807) is 42.2 Å². The van der Waals surface area contributed by atoms with Gasteiger partial charge >= 0.3 is 5.97 Å². The molecule has 0 aliphatic carbocycles. The van der Waals surface area contributed by atoms with Crippen molar-refractivity contribution in [3.8, 4) is 0 Å². The quantitative estimate of drug-likeness (QED) is 0.773. The van der Waals surface area contributed by atoms with Gasteiger partial charge in [0.25, 0.3) is 0 Å². The van der Waals surface area contributed by atoms with Crippen molar-refractivity contribution < 1.29 is 19.5 Å². The molecule has 28 heavy (non-hydrogen) atoms. The van der Waals surface area contributed by atoms with Crippen LogP contribution in [0.1, 0.15) is 37.3 Å². The highest BCUT2D eigenvalue weighted by molar-refractivity contribution is 5.97. The van der Waals surface area contributed by atoms with Gasteiger partial charge in [-0.25, -0.2) is 4.79 Å². The Bertz CT molecular complexity index is 881. The predicted molar refractivity (Wildman–Crippen MR) is 106 cm³/mol. The molecule has 0 saturated carbocycles. The van der Waals surface area contributed by atoms with Gasteiger partial charge in [-0.05, 0) is 30.0 Å². The Morgan fingerprint density at radius 3 is 2.43 bits per heavy atom. The van der Waals surface area contributed by atoms with Crippen LogP contribution in [0.15, 0.2) is 54.6 Å². The number of para-hydroxylation sites is 1. The topological polar surface area (TPSA) is 86.7 Å². The Hall–Kier alpha value is -3.15. The fourth-order valence-electron chi connectivity index (χ4n) is 3.67. The Morgan fingerprint density at radius 1 is 1.07 bits per heavy atom. The summed E-state index contributed by atoms with van der Waals surface area (Å²) in [5.41, 5.74) is 0.954. The number of rotatable bonds is 7. The number of carbonyl (C=O) groups excluding carboxylic acids is 2. The molecule has 146 valence electrons. The van der Waals surface area contributed by atoms with E-state index in [2.05, 4.69) is 5.32 Å². The molecule has 6 nitrogen and oxygen atoms in total. The van der Waals surface area contributed by atoms with Crippen molar-refractivity contribution in [1.82, 2.24) is 5.32 Å². The molecule has 2 aromatic rings. The van der Waals surface area contributed by atoms with Crippen molar-refractivity contribution in [3.05, 3.63) is 65.7 Å². The number of carbonyl (C=O) groups is 3. The fourth-order valence-corrected chi connectivity index (χ4v) is 3.67. The maximum Gasteiger partial charge on any atom is 0.334 e. The third kappa shape index (κ3) is 3.76. The molecule has 0 fully saturated rings. The maximum atomic E-state index is 12.6. The van der Waals surface area contributed by atoms with Gasteiger partial charge in [0.15, 0.2) is 5.54 Å². The molecule has 1 atom stereocenters. The van der Waals surface area contributed by atoms with E-state index in [-0.39, 0.29) is 25.3 Å². The van der Waals surface area contributed by atoms with E-state index in [0.29, 0.717) is 18.4 Å². The molecule has 2 aromatic carbocycles. The van der Waals surface area contributed by atoms with Crippen molar-refractivity contribution in [1.29, 1.82) is 0 Å². The molecule has 0 bridgehead atoms. The summed E-state index contributed by atoms with van der Waals surface area (Å²) in [4.78, 5) is 38.6. The second-order valence-corrected chi connectivity index (χ2v) is 6.90. The number of aliphatic carboxylic acids is 1. The van der Waals surface area contributed by atoms with Gasteiger partial charge in [-0.15, -0.1) is 0 Å². The Labute approximate surface area is 164 Å². The molecule has 1 aliphatic heterocycles. The van der Waals surface area contributed by atoms with Crippen molar-refractivity contribution >= 4 is 23.5 Å². The smallest absolute Gasteiger partial charge is 0.334 e. The summed E-state index contributed by atoms with van der Waals surface area (Å²) in [7, 11) is 0. The van der Waals surface area contributed by atoms with Gasteiger partial charge in [0.1, 0.15) is 0 Å². The van der Waals surface area contributed by atoms with Gasteiger partial charge in [-0.2, -0.15) is 0 Å². The van der Waals surface area contributed by atoms with Crippen LogP contribution in [-0.4, -0.2) is 29.4 Å². The predicted octanol–water partition coefficient (Wildman–Crippen LogP) is 2.86. The molecule has 1 unspecified atom stereocenters. The molecule has 3 rings (SSSR count). The first-order chi connectivity index (χ1) is 13.5. The lowest BCUT2D eigenvalue weighted by Gasteiger charge is -2.32. The molecule has 0 saturated heterocycles. The summed E-state index contributed by atoms with van der Waals surface area (Å²) in [5, 5.41) is 12.5. The lowest BCUT2D eigenvalue weighted by Crippen LogP contribution is -2.52. The van der Waals surface area contributed by atoms with Crippen LogP contribution in [0.4, 0.5) is 5.69 Å². The van der Waals surface area contributed by atoms with Crippen LogP contribution in [0.3, 0.4) is 0 Å². The third-order valence-corrected chi connectivity index (χ3v) is 5.27. The van der Waals surface area contributed by atoms with Crippen LogP contribution in [0, 0.1) is 0 Å². The first-order valence-corrected chi connectivity index (χ1v) is 9.46. The maximum absolute atomic E-state index is 12.6. The molecular weight excluding hydrogens is 356 g/mol. The lowest BCUT2D eigenvalue weighted by atomic mass is 9.87. The van der Waals surface area contributed by atoms with Crippen LogP contribution in [-0.2, 0) is 26.3 Å². The normalized spacial score (nSPS) is 15.5. The second kappa shape index (κ2) is 8.25. The van der Waals surface area contributed by atoms with Crippen LogP contribution in [0.2, 0.25) is 0 Å². The second-order valence-electron chi connectivity index (χ2n) is 6.90. The molecule has 0 radical (unpaired) electrons. The number of hydrogen-bond acceptors (Lipinski definition) is 3. The van der Waals surface area contributed by atoms with Crippen LogP contribution in [0.25, 0.3) is 0 Å². The molecule has 1 aliphatic rings. The summed E-state index contributed by atoms with van der Waals surface area (Å²) in [6.45, 7) is 1.95. The van der Waals surface area contributed by atoms with Crippen LogP contribution < -0.4 is 10.2 Å². The number of nitrogens with zero attached hydrogens (tertiary/aromatic N) is 1. The zero-order chi connectivity index (χ0) is 20.1. The highest BCUT2D eigenvalue weighted by Crippen LogP contribution is 2.28. The minimum absolute atomic E-state index is 0.0189. The molecule has 6 heteroatoms. The lowest BCUT2D eigenvalue weighted by molar-refractivity contribution is -0.148. The summed E-state index contributed by atoms with van der Waals surface area (Å²) in [5.74, 6) is -1.52. The van der Waals surface area contributed by atoms with E-state index in [0.717, 1.165) is 11.3 Å². The van der Waals surface area contributed by atoms with Crippen molar-refractivity contribution in [3.63, 3.8) is 0 Å². The Morgan fingerprint density at radius 2 is 1.75 bits per heavy atom. The van der Waals surface area contributed by atoms with Crippen molar-refractivity contribution in [2.24, 2.45) is 0 Å². The molecule has 0 spiro atoms. The van der Waals surface area contributed by atoms with E-state index in [4.69, 9.17) is 0 Å². The molecule has 2 amide bonds. The average Bonchev–Trinajstić information content (AvgIpc) is 2.71. The highest BCUT2D eigenvalue weighted by Gasteiger charge is 2.40. The minimum Gasteiger partial charge on any atom is -0.479 e. The summed E-state index contributed by atoms with van der Waals surface area (Å²) < 4.78 is 0. The number of hydrogen-bond donors (Lipinski definition) is 2. The summed E-state index contributed by atoms with van der Waals surface area (Å²) >= 11 is 0. The zero-order valence-corrected chi connectivity index (χ0v) is 15.9. The largest absolute Gasteiger partial charge is 0.479 e. The van der Waals surface area contributed by atoms with E-state index in [9.17, 15) is 19.5 Å². The first kappa shape index (κ1) is 19.6. The monoisotopic (exact) mass is 380 g/mol. The first-order valence-electron chi connectivity index (χ1n) is 9.46. The van der Waals surface area contributed by atoms with Gasteiger partial charge in [0.2, 0.25) is 11.8 Å². The van der Waals surface area contributed by atoms with E-state index < -0.39 is 17.4 Å². The fraction of sp³-hybridized carbons (Fsp3) is 0.318. The standard InChI is InChI=1S/C22H24N2O4/c1-2-22(21(27)28,17-9-4-3-5-10-17)23-19(25)14-15-24-18-11-7-6-8-16(18)12-13-20(24)26/h3-11H,2,12-15H2,1H3,(H,23,25)(H,27,28). The number of amides is 2. The number of carboxylic acid groups (broad SMARTS) is 1. The number of aryl methyl sites for hydroxylation is 1. The Balaban J connectivity index is 1.74. The van der Waals surface area contributed by atoms with Crippen LogP contribution >= 0.6 is 0 Å². The zero-order valence-electron chi connectivity index (χ0n) is 15.9. The Kier molecular flexibility index (Phi) is 5.78. The van der Waals surface area contributed by atoms with E-state index >= 15 is 0 Å². The minimum atomic E-state index is -1.48. The van der Waals surface area contributed by atoms with Crippen LogP contribution in [0.5, 0.6) is 0 Å².